The molecule has 0 aliphatic carbocycles. The number of hydrogen-bond donors (Lipinski definition) is 1. The van der Waals surface area contributed by atoms with E-state index in [1.54, 1.807) is 6.07 Å². The third-order valence-electron chi connectivity index (χ3n) is 3.26. The number of nitrogens with zero attached hydrogens (tertiary/aromatic N) is 1. The van der Waals surface area contributed by atoms with E-state index in [0.29, 0.717) is 10.7 Å². The van der Waals surface area contributed by atoms with Crippen molar-refractivity contribution in [3.8, 4) is 6.07 Å². The van der Waals surface area contributed by atoms with Crippen molar-refractivity contribution in [2.45, 2.75) is 6.18 Å². The fraction of sp³-hybridized carbons (Fsp3) is 0.118. The van der Waals surface area contributed by atoms with E-state index in [1.807, 2.05) is 0 Å². The molecule has 0 saturated heterocycles. The van der Waals surface area contributed by atoms with Crippen LogP contribution in [0.15, 0.2) is 48.5 Å². The van der Waals surface area contributed by atoms with Crippen molar-refractivity contribution in [2.24, 2.45) is 5.92 Å². The Balaban J connectivity index is 2.16. The van der Waals surface area contributed by atoms with Gasteiger partial charge in [-0.2, -0.15) is 18.4 Å². The minimum Gasteiger partial charge on any atom is -0.325 e. The van der Waals surface area contributed by atoms with Crippen LogP contribution in [-0.4, -0.2) is 11.7 Å². The maximum Gasteiger partial charge on any atom is 0.416 e. The van der Waals surface area contributed by atoms with Gasteiger partial charge in [0.1, 0.15) is 0 Å². The highest BCUT2D eigenvalue weighted by molar-refractivity contribution is 6.30. The summed E-state index contributed by atoms with van der Waals surface area (Å²) in [5.41, 5.74) is -0.760. The van der Waals surface area contributed by atoms with E-state index in [1.165, 1.54) is 24.3 Å². The smallest absolute Gasteiger partial charge is 0.325 e. The number of carbonyl (C=O) groups is 2. The molecule has 0 fully saturated rings. The van der Waals surface area contributed by atoms with Gasteiger partial charge in [-0.1, -0.05) is 23.7 Å². The van der Waals surface area contributed by atoms with Crippen LogP contribution in [0.3, 0.4) is 0 Å². The number of Topliss-reactive ketones (excluding diaryl/α,β-unsaturated/α-hetero) is 1. The second-order valence-corrected chi connectivity index (χ2v) is 5.43. The van der Waals surface area contributed by atoms with Crippen LogP contribution in [0.5, 0.6) is 0 Å². The van der Waals surface area contributed by atoms with E-state index < -0.39 is 29.3 Å². The van der Waals surface area contributed by atoms with Gasteiger partial charge in [0.2, 0.25) is 5.91 Å². The molecule has 8 heteroatoms. The van der Waals surface area contributed by atoms with Gasteiger partial charge in [0.25, 0.3) is 0 Å². The Morgan fingerprint density at radius 2 is 1.60 bits per heavy atom. The highest BCUT2D eigenvalue weighted by Crippen LogP contribution is 2.29. The average Bonchev–Trinajstić information content (AvgIpc) is 2.57. The molecule has 2 aromatic rings. The highest BCUT2D eigenvalue weighted by Gasteiger charge is 2.32. The molecule has 1 N–H and O–H groups in total. The molecule has 0 saturated carbocycles. The zero-order chi connectivity index (χ0) is 18.6. The van der Waals surface area contributed by atoms with Crippen molar-refractivity contribution >= 4 is 29.0 Å². The van der Waals surface area contributed by atoms with Gasteiger partial charge in [0.15, 0.2) is 11.7 Å². The molecular weight excluding hydrogens is 357 g/mol. The third-order valence-corrected chi connectivity index (χ3v) is 3.51. The molecule has 0 spiro atoms. The summed E-state index contributed by atoms with van der Waals surface area (Å²) in [4.78, 5) is 24.3. The van der Waals surface area contributed by atoms with Crippen molar-refractivity contribution in [2.75, 3.05) is 5.32 Å². The predicted molar refractivity (Wildman–Crippen MR) is 85.0 cm³/mol. The largest absolute Gasteiger partial charge is 0.416 e. The highest BCUT2D eigenvalue weighted by atomic mass is 35.5. The Labute approximate surface area is 145 Å². The minimum absolute atomic E-state index is 0.161. The molecule has 0 heterocycles. The van der Waals surface area contributed by atoms with Crippen LogP contribution in [0.2, 0.25) is 5.02 Å². The van der Waals surface area contributed by atoms with Crippen molar-refractivity contribution in [3.63, 3.8) is 0 Å². The molecule has 0 bridgehead atoms. The maximum absolute atomic E-state index is 12.5. The van der Waals surface area contributed by atoms with Crippen LogP contribution in [0.1, 0.15) is 15.9 Å². The van der Waals surface area contributed by atoms with Gasteiger partial charge < -0.3 is 5.32 Å². The second kappa shape index (κ2) is 7.36. The number of rotatable bonds is 4. The monoisotopic (exact) mass is 366 g/mol. The predicted octanol–water partition coefficient (Wildman–Crippen LogP) is 4.32. The molecule has 128 valence electrons. The van der Waals surface area contributed by atoms with Crippen molar-refractivity contribution in [1.29, 1.82) is 5.26 Å². The molecule has 2 rings (SSSR count). The minimum atomic E-state index is -4.54. The van der Waals surface area contributed by atoms with Crippen LogP contribution in [0.25, 0.3) is 0 Å². The summed E-state index contributed by atoms with van der Waals surface area (Å²) in [5, 5.41) is 11.9. The Bertz CT molecular complexity index is 825. The average molecular weight is 367 g/mol. The lowest BCUT2D eigenvalue weighted by Gasteiger charge is -2.11. The van der Waals surface area contributed by atoms with Crippen molar-refractivity contribution in [1.82, 2.24) is 0 Å². The zero-order valence-corrected chi connectivity index (χ0v) is 13.2. The van der Waals surface area contributed by atoms with E-state index in [4.69, 9.17) is 16.9 Å². The first-order valence-electron chi connectivity index (χ1n) is 6.90. The van der Waals surface area contributed by atoms with Crippen LogP contribution < -0.4 is 5.32 Å². The molecule has 25 heavy (non-hydrogen) atoms. The lowest BCUT2D eigenvalue weighted by atomic mass is 9.97. The van der Waals surface area contributed by atoms with Gasteiger partial charge >= 0.3 is 6.18 Å². The maximum atomic E-state index is 12.5. The summed E-state index contributed by atoms with van der Waals surface area (Å²) in [6, 6.07) is 10.9. The van der Waals surface area contributed by atoms with Gasteiger partial charge in [0.05, 0.1) is 11.6 Å². The van der Waals surface area contributed by atoms with Crippen LogP contribution in [0, 0.1) is 17.2 Å². The lowest BCUT2D eigenvalue weighted by molar-refractivity contribution is -0.137. The third kappa shape index (κ3) is 4.58. The zero-order valence-electron chi connectivity index (χ0n) is 12.5. The molecule has 0 aliphatic rings. The molecular formula is C17H10ClF3N2O2. The molecule has 4 nitrogen and oxygen atoms in total. The Morgan fingerprint density at radius 3 is 2.08 bits per heavy atom. The van der Waals surface area contributed by atoms with Crippen LogP contribution in [0.4, 0.5) is 18.9 Å². The van der Waals surface area contributed by atoms with Crippen LogP contribution >= 0.6 is 11.6 Å². The summed E-state index contributed by atoms with van der Waals surface area (Å²) in [6.07, 6.45) is -4.54. The Morgan fingerprint density at radius 1 is 1.04 bits per heavy atom. The molecule has 2 aromatic carbocycles. The molecule has 1 atom stereocenters. The number of carbonyl (C=O) groups excluding carboxylic acids is 2. The summed E-state index contributed by atoms with van der Waals surface area (Å²) < 4.78 is 37.6. The first-order valence-corrected chi connectivity index (χ1v) is 7.27. The van der Waals surface area contributed by atoms with Gasteiger partial charge in [-0.25, -0.2) is 0 Å². The second-order valence-electron chi connectivity index (χ2n) is 5.00. The quantitative estimate of drug-likeness (QED) is 0.647. The van der Waals surface area contributed by atoms with Gasteiger partial charge in [-0.3, -0.25) is 9.59 Å². The Hall–Kier alpha value is -2.85. The first-order chi connectivity index (χ1) is 11.7. The molecule has 0 aliphatic heterocycles. The number of anilines is 1. The Kier molecular flexibility index (Phi) is 5.45. The van der Waals surface area contributed by atoms with Crippen molar-refractivity contribution < 1.29 is 22.8 Å². The van der Waals surface area contributed by atoms with E-state index in [0.717, 1.165) is 24.3 Å². The molecule has 1 unspecified atom stereocenters. The van der Waals surface area contributed by atoms with Crippen LogP contribution in [-0.2, 0) is 11.0 Å². The summed E-state index contributed by atoms with van der Waals surface area (Å²) in [5.74, 6) is -3.45. The number of ketones is 1. The standard InChI is InChI=1S/C17H10ClF3N2O2/c18-12-5-7-13(8-6-12)23-16(25)14(9-22)15(24)10-1-3-11(4-2-10)17(19,20)21/h1-8,14H,(H,23,25). The first kappa shape index (κ1) is 18.5. The fourth-order valence-electron chi connectivity index (χ4n) is 1.97. The molecule has 1 amide bonds. The molecule has 0 radical (unpaired) electrons. The number of halogens is 4. The number of benzene rings is 2. The van der Waals surface area contributed by atoms with E-state index in [2.05, 4.69) is 5.32 Å². The van der Waals surface area contributed by atoms with Gasteiger partial charge in [-0.15, -0.1) is 0 Å². The summed E-state index contributed by atoms with van der Waals surface area (Å²) in [7, 11) is 0. The SMILES string of the molecule is N#CC(C(=O)Nc1ccc(Cl)cc1)C(=O)c1ccc(C(F)(F)F)cc1. The summed E-state index contributed by atoms with van der Waals surface area (Å²) in [6.45, 7) is 0. The summed E-state index contributed by atoms with van der Waals surface area (Å²) >= 11 is 5.71. The fourth-order valence-corrected chi connectivity index (χ4v) is 2.10. The number of alkyl halides is 3. The topological polar surface area (TPSA) is 70.0 Å². The lowest BCUT2D eigenvalue weighted by Crippen LogP contribution is -2.28. The molecule has 0 aromatic heterocycles. The van der Waals surface area contributed by atoms with E-state index in [-0.39, 0.29) is 5.56 Å². The van der Waals surface area contributed by atoms with Gasteiger partial charge in [-0.05, 0) is 36.4 Å². The number of nitrogens with one attached hydrogen (secondary N) is 1. The number of hydrogen-bond acceptors (Lipinski definition) is 3. The number of amides is 1. The van der Waals surface area contributed by atoms with E-state index in [9.17, 15) is 22.8 Å². The van der Waals surface area contributed by atoms with Gasteiger partial charge in [0, 0.05) is 16.3 Å². The normalized spacial score (nSPS) is 12.1. The van der Waals surface area contributed by atoms with Crippen molar-refractivity contribution in [3.05, 3.63) is 64.7 Å². The van der Waals surface area contributed by atoms with E-state index >= 15 is 0 Å². The number of nitriles is 1.